The van der Waals surface area contributed by atoms with Gasteiger partial charge < -0.3 is 16.2 Å². The molecule has 6 heteroatoms. The Bertz CT molecular complexity index is 522. The number of carboxylic acids is 1. The van der Waals surface area contributed by atoms with Gasteiger partial charge in [-0.25, -0.2) is 0 Å². The second kappa shape index (κ2) is 7.26. The quantitative estimate of drug-likeness (QED) is 0.721. The van der Waals surface area contributed by atoms with Gasteiger partial charge >= 0.3 is 5.97 Å². The number of carbonyl (C=O) groups excluding carboxylic acids is 1. The summed E-state index contributed by atoms with van der Waals surface area (Å²) >= 11 is 0. The maximum atomic E-state index is 12.4. The minimum absolute atomic E-state index is 0.0546. The van der Waals surface area contributed by atoms with E-state index in [2.05, 4.69) is 10.2 Å². The van der Waals surface area contributed by atoms with E-state index in [0.29, 0.717) is 38.0 Å². The molecule has 1 saturated heterocycles. The Balaban J connectivity index is 1.94. The van der Waals surface area contributed by atoms with E-state index in [4.69, 9.17) is 10.8 Å². The van der Waals surface area contributed by atoms with Crippen molar-refractivity contribution in [3.8, 4) is 0 Å². The van der Waals surface area contributed by atoms with Crippen molar-refractivity contribution in [3.05, 3.63) is 24.3 Å². The molecule has 1 atom stereocenters. The highest BCUT2D eigenvalue weighted by atomic mass is 16.4. The fourth-order valence-corrected chi connectivity index (χ4v) is 2.86. The predicted molar refractivity (Wildman–Crippen MR) is 85.5 cm³/mol. The van der Waals surface area contributed by atoms with Crippen LogP contribution in [0, 0.1) is 5.92 Å². The summed E-state index contributed by atoms with van der Waals surface area (Å²) in [6.07, 6.45) is 1.89. The summed E-state index contributed by atoms with van der Waals surface area (Å²) in [5, 5.41) is 11.9. The van der Waals surface area contributed by atoms with Crippen LogP contribution in [0.2, 0.25) is 0 Å². The number of piperidine rings is 1. The van der Waals surface area contributed by atoms with Crippen LogP contribution in [0.5, 0.6) is 0 Å². The van der Waals surface area contributed by atoms with Crippen molar-refractivity contribution in [2.24, 2.45) is 5.92 Å². The Labute approximate surface area is 130 Å². The second-order valence-electron chi connectivity index (χ2n) is 5.68. The topological polar surface area (TPSA) is 95.7 Å². The number of aliphatic carboxylic acids is 1. The lowest BCUT2D eigenvalue weighted by Gasteiger charge is -2.35. The number of rotatable bonds is 5. The standard InChI is InChI=1S/C16H23N3O3/c1-2-14(19-9-7-11(8-10-19)16(21)22)15(20)18-13-5-3-12(17)4-6-13/h3-6,11,14H,2,7-10,17H2,1H3,(H,18,20)(H,21,22). The number of likely N-dealkylation sites (tertiary alicyclic amines) is 1. The van der Waals surface area contributed by atoms with Gasteiger partial charge in [0.05, 0.1) is 12.0 Å². The molecule has 120 valence electrons. The van der Waals surface area contributed by atoms with Crippen LogP contribution in [0.25, 0.3) is 0 Å². The van der Waals surface area contributed by atoms with Crippen molar-refractivity contribution < 1.29 is 14.7 Å². The van der Waals surface area contributed by atoms with Crippen molar-refractivity contribution in [2.45, 2.75) is 32.2 Å². The highest BCUT2D eigenvalue weighted by molar-refractivity contribution is 5.94. The van der Waals surface area contributed by atoms with Crippen molar-refractivity contribution in [1.82, 2.24) is 4.90 Å². The molecular formula is C16H23N3O3. The molecule has 1 aliphatic rings. The Kier molecular flexibility index (Phi) is 5.38. The van der Waals surface area contributed by atoms with Gasteiger partial charge in [0.15, 0.2) is 0 Å². The fourth-order valence-electron chi connectivity index (χ4n) is 2.86. The lowest BCUT2D eigenvalue weighted by Crippen LogP contribution is -2.48. The molecule has 0 saturated carbocycles. The Morgan fingerprint density at radius 2 is 1.91 bits per heavy atom. The highest BCUT2D eigenvalue weighted by Gasteiger charge is 2.31. The molecule has 0 aliphatic carbocycles. The molecule has 4 N–H and O–H groups in total. The number of nitrogens with zero attached hydrogens (tertiary/aromatic N) is 1. The predicted octanol–water partition coefficient (Wildman–Crippen LogP) is 1.78. The van der Waals surface area contributed by atoms with Gasteiger partial charge in [0.1, 0.15) is 0 Å². The van der Waals surface area contributed by atoms with Crippen LogP contribution in [0.3, 0.4) is 0 Å². The van der Waals surface area contributed by atoms with Crippen LogP contribution < -0.4 is 11.1 Å². The average molecular weight is 305 g/mol. The lowest BCUT2D eigenvalue weighted by molar-refractivity contribution is -0.143. The lowest BCUT2D eigenvalue weighted by atomic mass is 9.95. The maximum Gasteiger partial charge on any atom is 0.306 e. The van der Waals surface area contributed by atoms with Gasteiger partial charge in [-0.3, -0.25) is 14.5 Å². The SMILES string of the molecule is CCC(C(=O)Nc1ccc(N)cc1)N1CCC(C(=O)O)CC1. The van der Waals surface area contributed by atoms with Crippen LogP contribution in [-0.2, 0) is 9.59 Å². The highest BCUT2D eigenvalue weighted by Crippen LogP contribution is 2.21. The Hall–Kier alpha value is -2.08. The molecule has 1 aromatic carbocycles. The first-order valence-corrected chi connectivity index (χ1v) is 7.64. The van der Waals surface area contributed by atoms with E-state index >= 15 is 0 Å². The third-order valence-corrected chi connectivity index (χ3v) is 4.19. The number of nitrogen functional groups attached to an aromatic ring is 1. The summed E-state index contributed by atoms with van der Waals surface area (Å²) in [6.45, 7) is 3.26. The van der Waals surface area contributed by atoms with Crippen LogP contribution in [0.1, 0.15) is 26.2 Å². The molecule has 1 fully saturated rings. The van der Waals surface area contributed by atoms with E-state index < -0.39 is 5.97 Å². The smallest absolute Gasteiger partial charge is 0.306 e. The van der Waals surface area contributed by atoms with Gasteiger partial charge in [-0.05, 0) is 56.6 Å². The third kappa shape index (κ3) is 3.98. The molecule has 1 amide bonds. The molecule has 1 unspecified atom stereocenters. The van der Waals surface area contributed by atoms with Gasteiger partial charge in [0.2, 0.25) is 5.91 Å². The fraction of sp³-hybridized carbons (Fsp3) is 0.500. The number of amides is 1. The van der Waals surface area contributed by atoms with Gasteiger partial charge in [0.25, 0.3) is 0 Å². The molecule has 2 rings (SSSR count). The van der Waals surface area contributed by atoms with Crippen molar-refractivity contribution >= 4 is 23.3 Å². The largest absolute Gasteiger partial charge is 0.481 e. The van der Waals surface area contributed by atoms with Crippen molar-refractivity contribution in [2.75, 3.05) is 24.1 Å². The summed E-state index contributed by atoms with van der Waals surface area (Å²) in [5.74, 6) is -1.08. The molecular weight excluding hydrogens is 282 g/mol. The van der Waals surface area contributed by atoms with Gasteiger partial charge in [-0.15, -0.1) is 0 Å². The molecule has 22 heavy (non-hydrogen) atoms. The van der Waals surface area contributed by atoms with E-state index in [1.807, 2.05) is 6.92 Å². The number of anilines is 2. The van der Waals surface area contributed by atoms with Crippen LogP contribution in [0.15, 0.2) is 24.3 Å². The van der Waals surface area contributed by atoms with Crippen molar-refractivity contribution in [3.63, 3.8) is 0 Å². The molecule has 1 aromatic rings. The summed E-state index contributed by atoms with van der Waals surface area (Å²) in [6, 6.07) is 6.81. The number of carboxylic acid groups (broad SMARTS) is 1. The number of hydrogen-bond acceptors (Lipinski definition) is 4. The molecule has 1 heterocycles. The monoisotopic (exact) mass is 305 g/mol. The second-order valence-corrected chi connectivity index (χ2v) is 5.68. The number of nitrogens with two attached hydrogens (primary N) is 1. The van der Waals surface area contributed by atoms with E-state index in [9.17, 15) is 9.59 Å². The molecule has 1 aliphatic heterocycles. The zero-order valence-corrected chi connectivity index (χ0v) is 12.8. The summed E-state index contributed by atoms with van der Waals surface area (Å²) in [7, 11) is 0. The van der Waals surface area contributed by atoms with E-state index in [-0.39, 0.29) is 17.9 Å². The number of carbonyl (C=O) groups is 2. The van der Waals surface area contributed by atoms with Crippen LogP contribution in [-0.4, -0.2) is 41.0 Å². The first kappa shape index (κ1) is 16.3. The summed E-state index contributed by atoms with van der Waals surface area (Å²) in [4.78, 5) is 25.5. The first-order valence-electron chi connectivity index (χ1n) is 7.64. The summed E-state index contributed by atoms with van der Waals surface area (Å²) in [5.41, 5.74) is 7.00. The maximum absolute atomic E-state index is 12.4. The van der Waals surface area contributed by atoms with Gasteiger partial charge in [0, 0.05) is 11.4 Å². The number of nitrogens with one attached hydrogen (secondary N) is 1. The van der Waals surface area contributed by atoms with Crippen molar-refractivity contribution in [1.29, 1.82) is 0 Å². The molecule has 6 nitrogen and oxygen atoms in total. The summed E-state index contributed by atoms with van der Waals surface area (Å²) < 4.78 is 0. The Morgan fingerprint density at radius 1 is 1.32 bits per heavy atom. The molecule has 0 aromatic heterocycles. The zero-order valence-electron chi connectivity index (χ0n) is 12.8. The number of benzene rings is 1. The molecule has 0 radical (unpaired) electrons. The average Bonchev–Trinajstić information content (AvgIpc) is 2.51. The zero-order chi connectivity index (χ0) is 16.1. The van der Waals surface area contributed by atoms with E-state index in [0.717, 1.165) is 5.69 Å². The number of hydrogen-bond donors (Lipinski definition) is 3. The van der Waals surface area contributed by atoms with Crippen LogP contribution in [0.4, 0.5) is 11.4 Å². The van der Waals surface area contributed by atoms with Gasteiger partial charge in [-0.2, -0.15) is 0 Å². The van der Waals surface area contributed by atoms with E-state index in [1.165, 1.54) is 0 Å². The minimum Gasteiger partial charge on any atom is -0.481 e. The van der Waals surface area contributed by atoms with Crippen LogP contribution >= 0.6 is 0 Å². The van der Waals surface area contributed by atoms with E-state index in [1.54, 1.807) is 24.3 Å². The first-order chi connectivity index (χ1) is 10.5. The molecule has 0 bridgehead atoms. The minimum atomic E-state index is -0.737. The van der Waals surface area contributed by atoms with Gasteiger partial charge in [-0.1, -0.05) is 6.92 Å². The molecule has 0 spiro atoms. The Morgan fingerprint density at radius 3 is 2.41 bits per heavy atom. The normalized spacial score (nSPS) is 17.9. The third-order valence-electron chi connectivity index (χ3n) is 4.19.